The summed E-state index contributed by atoms with van der Waals surface area (Å²) >= 11 is 0. The van der Waals surface area contributed by atoms with E-state index in [1.165, 1.54) is 5.56 Å². The van der Waals surface area contributed by atoms with Crippen LogP contribution < -0.4 is 15.8 Å². The van der Waals surface area contributed by atoms with Crippen molar-refractivity contribution in [2.45, 2.75) is 31.8 Å². The first-order valence-electron chi connectivity index (χ1n) is 6.15. The van der Waals surface area contributed by atoms with Crippen LogP contribution in [0.3, 0.4) is 0 Å². The fraction of sp³-hybridized carbons (Fsp3) is 0.462. The van der Waals surface area contributed by atoms with Gasteiger partial charge in [-0.25, -0.2) is 0 Å². The second-order valence-electron chi connectivity index (χ2n) is 4.59. The topological polar surface area (TPSA) is 79.9 Å². The Morgan fingerprint density at radius 1 is 1.61 bits per heavy atom. The van der Waals surface area contributed by atoms with Gasteiger partial charge in [-0.1, -0.05) is 23.4 Å². The predicted molar refractivity (Wildman–Crippen MR) is 69.9 cm³/mol. The molecule has 2 unspecified atom stereocenters. The van der Waals surface area contributed by atoms with Crippen molar-refractivity contribution < 1.29 is 9.94 Å². The minimum Gasteiger partial charge on any atom is -0.493 e. The van der Waals surface area contributed by atoms with Gasteiger partial charge < -0.3 is 21.0 Å². The molecule has 5 heteroatoms. The Morgan fingerprint density at radius 3 is 3.17 bits per heavy atom. The summed E-state index contributed by atoms with van der Waals surface area (Å²) < 4.78 is 5.61. The molecule has 98 valence electrons. The summed E-state index contributed by atoms with van der Waals surface area (Å²) in [6, 6.07) is 8.45. The number of oxime groups is 1. The number of fused-ring (bicyclic) bond motifs is 1. The number of nitrogens with two attached hydrogens (primary N) is 1. The lowest BCUT2D eigenvalue weighted by Crippen LogP contribution is -2.36. The van der Waals surface area contributed by atoms with E-state index in [4.69, 9.17) is 15.7 Å². The number of amidine groups is 1. The van der Waals surface area contributed by atoms with Gasteiger partial charge in [0.25, 0.3) is 0 Å². The van der Waals surface area contributed by atoms with E-state index in [1.54, 1.807) is 0 Å². The SMILES string of the molecule is CC(CC(N)=NO)NC1CCOc2ccccc21. The Bertz CT molecular complexity index is 434. The van der Waals surface area contributed by atoms with Gasteiger partial charge in [0.15, 0.2) is 0 Å². The van der Waals surface area contributed by atoms with Crippen molar-refractivity contribution in [2.75, 3.05) is 6.61 Å². The molecule has 0 saturated carbocycles. The number of nitrogens with one attached hydrogen (secondary N) is 1. The smallest absolute Gasteiger partial charge is 0.140 e. The molecule has 0 aliphatic carbocycles. The molecule has 0 amide bonds. The van der Waals surface area contributed by atoms with Gasteiger partial charge in [-0.05, 0) is 13.0 Å². The van der Waals surface area contributed by atoms with Crippen LogP contribution in [0.2, 0.25) is 0 Å². The fourth-order valence-corrected chi connectivity index (χ4v) is 2.27. The monoisotopic (exact) mass is 249 g/mol. The van der Waals surface area contributed by atoms with Gasteiger partial charge in [0.1, 0.15) is 11.6 Å². The predicted octanol–water partition coefficient (Wildman–Crippen LogP) is 1.62. The minimum atomic E-state index is 0.150. The fourth-order valence-electron chi connectivity index (χ4n) is 2.27. The number of nitrogens with zero attached hydrogens (tertiary/aromatic N) is 1. The van der Waals surface area contributed by atoms with Crippen LogP contribution in [0.1, 0.15) is 31.4 Å². The molecule has 1 aromatic carbocycles. The summed E-state index contributed by atoms with van der Waals surface area (Å²) in [7, 11) is 0. The maximum absolute atomic E-state index is 8.56. The van der Waals surface area contributed by atoms with E-state index in [1.807, 2.05) is 25.1 Å². The number of hydrogen-bond donors (Lipinski definition) is 3. The molecular weight excluding hydrogens is 230 g/mol. The number of para-hydroxylation sites is 1. The van der Waals surface area contributed by atoms with Crippen molar-refractivity contribution >= 4 is 5.84 Å². The van der Waals surface area contributed by atoms with E-state index in [0.29, 0.717) is 13.0 Å². The largest absolute Gasteiger partial charge is 0.493 e. The van der Waals surface area contributed by atoms with E-state index < -0.39 is 0 Å². The highest BCUT2D eigenvalue weighted by Crippen LogP contribution is 2.31. The third kappa shape index (κ3) is 2.92. The molecule has 0 radical (unpaired) electrons. The highest BCUT2D eigenvalue weighted by atomic mass is 16.5. The van der Waals surface area contributed by atoms with E-state index in [0.717, 1.165) is 12.2 Å². The average Bonchev–Trinajstić information content (AvgIpc) is 2.39. The molecule has 18 heavy (non-hydrogen) atoms. The number of rotatable bonds is 4. The molecule has 2 atom stereocenters. The van der Waals surface area contributed by atoms with Crippen LogP contribution >= 0.6 is 0 Å². The van der Waals surface area contributed by atoms with Crippen LogP contribution in [0, 0.1) is 0 Å². The molecule has 0 bridgehead atoms. The van der Waals surface area contributed by atoms with E-state index in [-0.39, 0.29) is 17.9 Å². The number of ether oxygens (including phenoxy) is 1. The highest BCUT2D eigenvalue weighted by Gasteiger charge is 2.22. The average molecular weight is 249 g/mol. The Kier molecular flexibility index (Phi) is 4.04. The lowest BCUT2D eigenvalue weighted by molar-refractivity contribution is 0.246. The maximum atomic E-state index is 8.56. The summed E-state index contributed by atoms with van der Waals surface area (Å²) in [5.74, 6) is 1.19. The third-order valence-electron chi connectivity index (χ3n) is 3.09. The maximum Gasteiger partial charge on any atom is 0.140 e. The van der Waals surface area contributed by atoms with Crippen LogP contribution in [0.15, 0.2) is 29.4 Å². The lowest BCUT2D eigenvalue weighted by atomic mass is 9.99. The number of benzene rings is 1. The summed E-state index contributed by atoms with van der Waals surface area (Å²) in [4.78, 5) is 0. The van der Waals surface area contributed by atoms with Crippen LogP contribution in [0.4, 0.5) is 0 Å². The molecule has 0 fully saturated rings. The molecule has 2 rings (SSSR count). The molecule has 0 saturated heterocycles. The Morgan fingerprint density at radius 2 is 2.39 bits per heavy atom. The van der Waals surface area contributed by atoms with E-state index in [9.17, 15) is 0 Å². The summed E-state index contributed by atoms with van der Waals surface area (Å²) in [5, 5.41) is 15.0. The molecule has 5 nitrogen and oxygen atoms in total. The zero-order valence-corrected chi connectivity index (χ0v) is 10.5. The van der Waals surface area contributed by atoms with Crippen LogP contribution in [-0.2, 0) is 0 Å². The summed E-state index contributed by atoms with van der Waals surface area (Å²) in [6.45, 7) is 2.74. The molecule has 1 aliphatic heterocycles. The van der Waals surface area contributed by atoms with Gasteiger partial charge in [0, 0.05) is 30.5 Å². The number of hydrogen-bond acceptors (Lipinski definition) is 4. The molecule has 1 heterocycles. The second-order valence-corrected chi connectivity index (χ2v) is 4.59. The molecule has 4 N–H and O–H groups in total. The van der Waals surface area contributed by atoms with Crippen molar-refractivity contribution in [3.63, 3.8) is 0 Å². The van der Waals surface area contributed by atoms with Crippen LogP contribution in [0.5, 0.6) is 5.75 Å². The van der Waals surface area contributed by atoms with Gasteiger partial charge in [0.05, 0.1) is 6.61 Å². The first-order valence-corrected chi connectivity index (χ1v) is 6.15. The quantitative estimate of drug-likeness (QED) is 0.328. The zero-order valence-electron chi connectivity index (χ0n) is 10.5. The second kappa shape index (κ2) is 5.73. The normalized spacial score (nSPS) is 20.9. The zero-order chi connectivity index (χ0) is 13.0. The minimum absolute atomic E-state index is 0.150. The van der Waals surface area contributed by atoms with Crippen LogP contribution in [-0.4, -0.2) is 23.7 Å². The summed E-state index contributed by atoms with van der Waals surface area (Å²) in [6.07, 6.45) is 1.45. The molecule has 0 spiro atoms. The summed E-state index contributed by atoms with van der Waals surface area (Å²) in [5.41, 5.74) is 6.68. The van der Waals surface area contributed by atoms with Crippen molar-refractivity contribution in [2.24, 2.45) is 10.9 Å². The third-order valence-corrected chi connectivity index (χ3v) is 3.09. The highest BCUT2D eigenvalue weighted by molar-refractivity contribution is 5.80. The van der Waals surface area contributed by atoms with Crippen molar-refractivity contribution in [3.05, 3.63) is 29.8 Å². The Labute approximate surface area is 107 Å². The van der Waals surface area contributed by atoms with Gasteiger partial charge in [-0.2, -0.15) is 0 Å². The van der Waals surface area contributed by atoms with Crippen molar-refractivity contribution in [1.82, 2.24) is 5.32 Å². The molecule has 1 aliphatic rings. The first-order chi connectivity index (χ1) is 8.70. The molecule has 1 aromatic rings. The standard InChI is InChI=1S/C13H19N3O2/c1-9(8-13(14)16-17)15-11-6-7-18-12-5-3-2-4-10(11)12/h2-5,9,11,15,17H,6-8H2,1H3,(H2,14,16). The van der Waals surface area contributed by atoms with Gasteiger partial charge >= 0.3 is 0 Å². The molecular formula is C13H19N3O2. The Balaban J connectivity index is 2.03. The van der Waals surface area contributed by atoms with Crippen molar-refractivity contribution in [1.29, 1.82) is 0 Å². The van der Waals surface area contributed by atoms with Crippen LogP contribution in [0.25, 0.3) is 0 Å². The van der Waals surface area contributed by atoms with E-state index >= 15 is 0 Å². The molecule has 0 aromatic heterocycles. The van der Waals surface area contributed by atoms with Gasteiger partial charge in [-0.15, -0.1) is 0 Å². The Hall–Kier alpha value is -1.75. The van der Waals surface area contributed by atoms with E-state index in [2.05, 4.69) is 16.5 Å². The van der Waals surface area contributed by atoms with Gasteiger partial charge in [-0.3, -0.25) is 0 Å². The van der Waals surface area contributed by atoms with Gasteiger partial charge in [0.2, 0.25) is 0 Å². The van der Waals surface area contributed by atoms with Crippen molar-refractivity contribution in [3.8, 4) is 5.75 Å². The first kappa shape index (κ1) is 12.7. The lowest BCUT2D eigenvalue weighted by Gasteiger charge is -2.29.